The number of hydrogen-bond acceptors (Lipinski definition) is 4. The van der Waals surface area contributed by atoms with Gasteiger partial charge < -0.3 is 14.9 Å². The van der Waals surface area contributed by atoms with Crippen LogP contribution in [0.25, 0.3) is 6.08 Å². The second kappa shape index (κ2) is 10.7. The SMILES string of the molecule is C=C(CO)[C@@H](O)/C=C/c1cccc(Sc2cccc(OCc3ccccc3)c2)c1. The summed E-state index contributed by atoms with van der Waals surface area (Å²) in [6, 6.07) is 26.2. The third-order valence-corrected chi connectivity index (χ3v) is 5.22. The monoisotopic (exact) mass is 404 g/mol. The molecule has 0 aromatic heterocycles. The van der Waals surface area contributed by atoms with E-state index in [1.54, 1.807) is 17.8 Å². The van der Waals surface area contributed by atoms with Gasteiger partial charge in [0, 0.05) is 9.79 Å². The zero-order valence-electron chi connectivity index (χ0n) is 16.1. The van der Waals surface area contributed by atoms with Crippen molar-refractivity contribution in [3.05, 3.63) is 108 Å². The van der Waals surface area contributed by atoms with Crippen LogP contribution < -0.4 is 4.74 Å². The van der Waals surface area contributed by atoms with Gasteiger partial charge >= 0.3 is 0 Å². The van der Waals surface area contributed by atoms with Gasteiger partial charge in [0.2, 0.25) is 0 Å². The highest BCUT2D eigenvalue weighted by molar-refractivity contribution is 7.99. The fourth-order valence-electron chi connectivity index (χ4n) is 2.62. The normalized spacial score (nSPS) is 12.1. The molecule has 3 nitrogen and oxygen atoms in total. The lowest BCUT2D eigenvalue weighted by Crippen LogP contribution is -2.08. The van der Waals surface area contributed by atoms with Crippen LogP contribution in [0.1, 0.15) is 11.1 Å². The summed E-state index contributed by atoms with van der Waals surface area (Å²) in [5, 5.41) is 18.9. The molecule has 3 aromatic carbocycles. The van der Waals surface area contributed by atoms with E-state index in [2.05, 4.69) is 12.6 Å². The molecule has 148 valence electrons. The van der Waals surface area contributed by atoms with E-state index in [0.717, 1.165) is 26.7 Å². The molecule has 0 aliphatic carbocycles. The number of benzene rings is 3. The summed E-state index contributed by atoms with van der Waals surface area (Å²) in [7, 11) is 0. The van der Waals surface area contributed by atoms with Gasteiger partial charge in [-0.3, -0.25) is 0 Å². The number of rotatable bonds is 9. The van der Waals surface area contributed by atoms with Crippen LogP contribution in [0.4, 0.5) is 0 Å². The summed E-state index contributed by atoms with van der Waals surface area (Å²) < 4.78 is 5.91. The largest absolute Gasteiger partial charge is 0.489 e. The Labute approximate surface area is 176 Å². The third-order valence-electron chi connectivity index (χ3n) is 4.24. The molecule has 0 radical (unpaired) electrons. The number of aliphatic hydroxyl groups is 2. The molecule has 3 rings (SSSR count). The number of ether oxygens (including phenoxy) is 1. The molecule has 4 heteroatoms. The lowest BCUT2D eigenvalue weighted by molar-refractivity contribution is 0.228. The van der Waals surface area contributed by atoms with Crippen LogP contribution in [-0.4, -0.2) is 22.9 Å². The van der Waals surface area contributed by atoms with E-state index >= 15 is 0 Å². The zero-order chi connectivity index (χ0) is 20.5. The molecular formula is C25H24O3S. The van der Waals surface area contributed by atoms with Crippen LogP contribution in [0.5, 0.6) is 5.75 Å². The Morgan fingerprint density at radius 1 is 0.966 bits per heavy atom. The first kappa shape index (κ1) is 20.9. The minimum absolute atomic E-state index is 0.232. The van der Waals surface area contributed by atoms with Gasteiger partial charge in [-0.05, 0) is 47.0 Å². The first-order chi connectivity index (χ1) is 14.1. The van der Waals surface area contributed by atoms with Crippen molar-refractivity contribution in [1.29, 1.82) is 0 Å². The first-order valence-electron chi connectivity index (χ1n) is 9.33. The van der Waals surface area contributed by atoms with Crippen LogP contribution in [-0.2, 0) is 6.61 Å². The van der Waals surface area contributed by atoms with Crippen molar-refractivity contribution in [2.75, 3.05) is 6.61 Å². The second-order valence-corrected chi connectivity index (χ2v) is 7.69. The average Bonchev–Trinajstić information content (AvgIpc) is 2.76. The van der Waals surface area contributed by atoms with Crippen molar-refractivity contribution >= 4 is 17.8 Å². The molecule has 0 saturated heterocycles. The maximum absolute atomic E-state index is 9.88. The van der Waals surface area contributed by atoms with Gasteiger partial charge in [-0.2, -0.15) is 0 Å². The molecular weight excluding hydrogens is 380 g/mol. The quantitative estimate of drug-likeness (QED) is 0.473. The summed E-state index contributed by atoms with van der Waals surface area (Å²) >= 11 is 1.65. The molecule has 0 bridgehead atoms. The summed E-state index contributed by atoms with van der Waals surface area (Å²) in [5.41, 5.74) is 2.48. The summed E-state index contributed by atoms with van der Waals surface area (Å²) in [5.74, 6) is 0.834. The molecule has 0 fully saturated rings. The van der Waals surface area contributed by atoms with Crippen molar-refractivity contribution in [2.24, 2.45) is 0 Å². The Morgan fingerprint density at radius 2 is 1.69 bits per heavy atom. The predicted octanol–water partition coefficient (Wildman–Crippen LogP) is 5.34. The molecule has 0 aliphatic heterocycles. The molecule has 0 aliphatic rings. The van der Waals surface area contributed by atoms with Gasteiger partial charge in [-0.25, -0.2) is 0 Å². The highest BCUT2D eigenvalue weighted by Crippen LogP contribution is 2.31. The van der Waals surface area contributed by atoms with E-state index in [4.69, 9.17) is 9.84 Å². The smallest absolute Gasteiger partial charge is 0.120 e. The van der Waals surface area contributed by atoms with Gasteiger partial charge in [0.1, 0.15) is 12.4 Å². The summed E-state index contributed by atoms with van der Waals surface area (Å²) in [6.45, 7) is 3.94. The molecule has 3 aromatic rings. The van der Waals surface area contributed by atoms with Crippen molar-refractivity contribution < 1.29 is 14.9 Å². The van der Waals surface area contributed by atoms with Gasteiger partial charge in [0.25, 0.3) is 0 Å². The third kappa shape index (κ3) is 6.64. The Balaban J connectivity index is 1.64. The average molecular weight is 405 g/mol. The molecule has 0 saturated carbocycles. The maximum atomic E-state index is 9.88. The maximum Gasteiger partial charge on any atom is 0.120 e. The fraction of sp³-hybridized carbons (Fsp3) is 0.120. The highest BCUT2D eigenvalue weighted by Gasteiger charge is 2.04. The van der Waals surface area contributed by atoms with Crippen molar-refractivity contribution in [1.82, 2.24) is 0 Å². The molecule has 0 heterocycles. The summed E-state index contributed by atoms with van der Waals surface area (Å²) in [4.78, 5) is 2.17. The Kier molecular flexibility index (Phi) is 7.70. The Hall–Kier alpha value is -2.79. The van der Waals surface area contributed by atoms with Gasteiger partial charge in [0.15, 0.2) is 0 Å². The van der Waals surface area contributed by atoms with E-state index in [1.165, 1.54) is 0 Å². The van der Waals surface area contributed by atoms with E-state index in [9.17, 15) is 5.11 Å². The van der Waals surface area contributed by atoms with Crippen molar-refractivity contribution in [3.63, 3.8) is 0 Å². The Morgan fingerprint density at radius 3 is 2.45 bits per heavy atom. The Bertz CT molecular complexity index is 967. The van der Waals surface area contributed by atoms with Gasteiger partial charge in [-0.1, -0.05) is 79.0 Å². The van der Waals surface area contributed by atoms with E-state index in [1.807, 2.05) is 78.9 Å². The van der Waals surface area contributed by atoms with E-state index < -0.39 is 6.10 Å². The second-order valence-electron chi connectivity index (χ2n) is 6.54. The van der Waals surface area contributed by atoms with Crippen molar-refractivity contribution in [2.45, 2.75) is 22.5 Å². The predicted molar refractivity (Wildman–Crippen MR) is 119 cm³/mol. The standard InChI is InChI=1S/C25H24O3S/c1-19(17-26)25(27)14-13-20-9-5-11-23(15-20)29-24-12-6-10-22(16-24)28-18-21-7-3-2-4-8-21/h2-16,25-27H,1,17-18H2/b14-13+/t25-/m0/s1. The highest BCUT2D eigenvalue weighted by atomic mass is 32.2. The lowest BCUT2D eigenvalue weighted by atomic mass is 10.1. The first-order valence-corrected chi connectivity index (χ1v) is 10.2. The minimum atomic E-state index is -0.852. The lowest BCUT2D eigenvalue weighted by Gasteiger charge is -2.09. The van der Waals surface area contributed by atoms with E-state index in [0.29, 0.717) is 12.2 Å². The molecule has 0 spiro atoms. The van der Waals surface area contributed by atoms with Gasteiger partial charge in [0.05, 0.1) is 12.7 Å². The van der Waals surface area contributed by atoms with Crippen LogP contribution in [0.2, 0.25) is 0 Å². The molecule has 0 unspecified atom stereocenters. The minimum Gasteiger partial charge on any atom is -0.489 e. The molecule has 0 amide bonds. The van der Waals surface area contributed by atoms with Crippen LogP contribution in [0.3, 0.4) is 0 Å². The zero-order valence-corrected chi connectivity index (χ0v) is 16.9. The number of hydrogen-bond donors (Lipinski definition) is 2. The summed E-state index contributed by atoms with van der Waals surface area (Å²) in [6.07, 6.45) is 2.60. The molecule has 29 heavy (non-hydrogen) atoms. The molecule has 2 N–H and O–H groups in total. The topological polar surface area (TPSA) is 49.7 Å². The molecule has 1 atom stereocenters. The fourth-order valence-corrected chi connectivity index (χ4v) is 3.55. The van der Waals surface area contributed by atoms with Crippen LogP contribution >= 0.6 is 11.8 Å². The van der Waals surface area contributed by atoms with Gasteiger partial charge in [-0.15, -0.1) is 0 Å². The van der Waals surface area contributed by atoms with Crippen molar-refractivity contribution in [3.8, 4) is 5.75 Å². The van der Waals surface area contributed by atoms with Crippen LogP contribution in [0, 0.1) is 0 Å². The van der Waals surface area contributed by atoms with Crippen LogP contribution in [0.15, 0.2) is 107 Å². The number of aliphatic hydroxyl groups excluding tert-OH is 2. The van der Waals surface area contributed by atoms with E-state index in [-0.39, 0.29) is 6.61 Å².